The van der Waals surface area contributed by atoms with Crippen LogP contribution in [0.25, 0.3) is 0 Å². The van der Waals surface area contributed by atoms with Crippen LogP contribution in [0, 0.1) is 23.0 Å². The van der Waals surface area contributed by atoms with Crippen LogP contribution in [0.4, 0.5) is 5.69 Å². The highest BCUT2D eigenvalue weighted by Gasteiger charge is 2.24. The summed E-state index contributed by atoms with van der Waals surface area (Å²) >= 11 is 0. The first kappa shape index (κ1) is 20.5. The molecule has 1 aromatic rings. The maximum absolute atomic E-state index is 12.8. The van der Waals surface area contributed by atoms with Gasteiger partial charge in [-0.25, -0.2) is 0 Å². The van der Waals surface area contributed by atoms with Crippen molar-refractivity contribution in [2.24, 2.45) is 5.92 Å². The first-order chi connectivity index (χ1) is 11.8. The number of hydrogen-bond donors (Lipinski definition) is 1. The number of nitro groups is 1. The number of hydrogen-bond acceptors (Lipinski definition) is 6. The normalized spacial score (nSPS) is 11.8. The van der Waals surface area contributed by atoms with E-state index in [1.54, 1.807) is 6.92 Å². The number of rotatable bonds is 10. The fourth-order valence-electron chi connectivity index (χ4n) is 2.20. The van der Waals surface area contributed by atoms with Crippen molar-refractivity contribution in [1.29, 1.82) is 0 Å². The first-order valence-electron chi connectivity index (χ1n) is 7.98. The van der Waals surface area contributed by atoms with Crippen LogP contribution >= 0.6 is 0 Å². The van der Waals surface area contributed by atoms with E-state index in [0.717, 1.165) is 6.20 Å². The molecule has 25 heavy (non-hydrogen) atoms. The number of aryl methyl sites for hydroxylation is 1. The molecule has 0 radical (unpaired) electrons. The fourth-order valence-corrected chi connectivity index (χ4v) is 2.20. The van der Waals surface area contributed by atoms with Gasteiger partial charge in [-0.05, 0) is 20.3 Å². The monoisotopic (exact) mass is 353 g/mol. The number of carboxylic acid groups (broad SMARTS) is 1. The van der Waals surface area contributed by atoms with E-state index >= 15 is 0 Å². The Hall–Kier alpha value is -2.55. The molecule has 1 heterocycles. The van der Waals surface area contributed by atoms with Gasteiger partial charge in [0, 0.05) is 32.4 Å². The van der Waals surface area contributed by atoms with Crippen molar-refractivity contribution in [2.45, 2.75) is 27.2 Å². The summed E-state index contributed by atoms with van der Waals surface area (Å²) in [6.07, 6.45) is 1.62. The maximum Gasteiger partial charge on any atom is 0.308 e. The second-order valence-corrected chi connectivity index (χ2v) is 5.62. The molecule has 0 bridgehead atoms. The molecule has 0 saturated carbocycles. The molecule has 1 N–H and O–H groups in total. The van der Waals surface area contributed by atoms with Crippen LogP contribution in [0.15, 0.2) is 12.3 Å². The Kier molecular flexibility index (Phi) is 7.93. The third-order valence-electron chi connectivity index (χ3n) is 3.64. The van der Waals surface area contributed by atoms with Crippen molar-refractivity contribution >= 4 is 17.6 Å². The molecule has 1 amide bonds. The average molecular weight is 353 g/mol. The van der Waals surface area contributed by atoms with Gasteiger partial charge in [0.25, 0.3) is 11.6 Å². The van der Waals surface area contributed by atoms with Crippen molar-refractivity contribution in [3.05, 3.63) is 33.6 Å². The van der Waals surface area contributed by atoms with Gasteiger partial charge >= 0.3 is 5.97 Å². The van der Waals surface area contributed by atoms with Crippen molar-refractivity contribution in [2.75, 3.05) is 26.3 Å². The molecule has 0 saturated heterocycles. The molecule has 1 atom stereocenters. The topological polar surface area (TPSA) is 123 Å². The van der Waals surface area contributed by atoms with E-state index in [0.29, 0.717) is 31.9 Å². The molecule has 0 aliphatic carbocycles. The maximum atomic E-state index is 12.8. The molecule has 9 nitrogen and oxygen atoms in total. The van der Waals surface area contributed by atoms with Crippen LogP contribution in [-0.4, -0.2) is 58.1 Å². The Morgan fingerprint density at radius 3 is 2.72 bits per heavy atom. The number of carbonyl (C=O) groups excluding carboxylic acids is 1. The molecule has 1 rings (SSSR count). The summed E-state index contributed by atoms with van der Waals surface area (Å²) in [6, 6.07) is 1.17. The average Bonchev–Trinajstić information content (AvgIpc) is 2.56. The highest BCUT2D eigenvalue weighted by molar-refractivity contribution is 5.96. The number of aliphatic carboxylic acids is 1. The largest absolute Gasteiger partial charge is 0.481 e. The van der Waals surface area contributed by atoms with Crippen molar-refractivity contribution in [3.63, 3.8) is 0 Å². The van der Waals surface area contributed by atoms with Gasteiger partial charge in [-0.15, -0.1) is 0 Å². The Balaban J connectivity index is 3.02. The molecule has 1 unspecified atom stereocenters. The Morgan fingerprint density at radius 2 is 2.16 bits per heavy atom. The number of pyridine rings is 1. The predicted octanol–water partition coefficient (Wildman–Crippen LogP) is 1.89. The second-order valence-electron chi connectivity index (χ2n) is 5.62. The van der Waals surface area contributed by atoms with Gasteiger partial charge in [-0.2, -0.15) is 0 Å². The van der Waals surface area contributed by atoms with E-state index in [4.69, 9.17) is 9.84 Å². The van der Waals surface area contributed by atoms with Crippen LogP contribution in [0.2, 0.25) is 0 Å². The first-order valence-corrected chi connectivity index (χ1v) is 7.98. The fraction of sp³-hybridized carbons (Fsp3) is 0.562. The molecule has 138 valence electrons. The Bertz CT molecular complexity index is 634. The van der Waals surface area contributed by atoms with Crippen LogP contribution in [0.3, 0.4) is 0 Å². The number of ether oxygens (including phenoxy) is 1. The number of carbonyl (C=O) groups is 2. The minimum absolute atomic E-state index is 0.00240. The Morgan fingerprint density at radius 1 is 1.48 bits per heavy atom. The highest BCUT2D eigenvalue weighted by atomic mass is 16.6. The van der Waals surface area contributed by atoms with Crippen LogP contribution in [0.1, 0.15) is 36.3 Å². The molecule has 0 aliphatic heterocycles. The van der Waals surface area contributed by atoms with Crippen LogP contribution in [0.5, 0.6) is 0 Å². The molecule has 0 spiro atoms. The quantitative estimate of drug-likeness (QED) is 0.387. The molecule has 0 aromatic carbocycles. The van der Waals surface area contributed by atoms with Crippen molar-refractivity contribution < 1.29 is 24.4 Å². The summed E-state index contributed by atoms with van der Waals surface area (Å²) in [4.78, 5) is 39.5. The lowest BCUT2D eigenvalue weighted by atomic mass is 10.1. The summed E-state index contributed by atoms with van der Waals surface area (Å²) in [5.41, 5.74) is 0.172. The third-order valence-corrected chi connectivity index (χ3v) is 3.64. The van der Waals surface area contributed by atoms with E-state index in [9.17, 15) is 19.7 Å². The molecule has 9 heteroatoms. The molecule has 1 aromatic heterocycles. The van der Waals surface area contributed by atoms with E-state index in [1.807, 2.05) is 6.92 Å². The predicted molar refractivity (Wildman–Crippen MR) is 89.4 cm³/mol. The summed E-state index contributed by atoms with van der Waals surface area (Å²) in [7, 11) is 0. The number of amides is 1. The lowest BCUT2D eigenvalue weighted by molar-refractivity contribution is -0.385. The SMILES string of the molecule is CCOCCCN(CC(C)C(=O)O)C(=O)c1cc([N+](=O)[O-])cnc1C. The lowest BCUT2D eigenvalue weighted by Gasteiger charge is -2.25. The molecule has 0 fully saturated rings. The molecule has 0 aliphatic rings. The Labute approximate surface area is 145 Å². The van der Waals surface area contributed by atoms with Crippen molar-refractivity contribution in [3.8, 4) is 0 Å². The summed E-state index contributed by atoms with van der Waals surface area (Å²) in [5.74, 6) is -2.25. The van der Waals surface area contributed by atoms with Gasteiger partial charge in [0.1, 0.15) is 6.20 Å². The van der Waals surface area contributed by atoms with Crippen molar-refractivity contribution in [1.82, 2.24) is 9.88 Å². The summed E-state index contributed by atoms with van der Waals surface area (Å²) in [6.45, 7) is 6.22. The number of aromatic nitrogens is 1. The van der Waals surface area contributed by atoms with Gasteiger partial charge in [0.05, 0.1) is 22.1 Å². The van der Waals surface area contributed by atoms with Gasteiger partial charge in [0.2, 0.25) is 0 Å². The van der Waals surface area contributed by atoms with E-state index in [1.165, 1.54) is 17.9 Å². The highest BCUT2D eigenvalue weighted by Crippen LogP contribution is 2.17. The van der Waals surface area contributed by atoms with E-state index in [-0.39, 0.29) is 17.8 Å². The van der Waals surface area contributed by atoms with Crippen LogP contribution < -0.4 is 0 Å². The summed E-state index contributed by atoms with van der Waals surface area (Å²) in [5, 5.41) is 20.0. The molecular formula is C16H23N3O6. The second kappa shape index (κ2) is 9.67. The smallest absolute Gasteiger partial charge is 0.308 e. The number of nitrogens with zero attached hydrogens (tertiary/aromatic N) is 3. The molecular weight excluding hydrogens is 330 g/mol. The number of carboxylic acids is 1. The van der Waals surface area contributed by atoms with Gasteiger partial charge in [-0.1, -0.05) is 6.92 Å². The zero-order valence-corrected chi connectivity index (χ0v) is 14.6. The van der Waals surface area contributed by atoms with Gasteiger partial charge < -0.3 is 14.7 Å². The minimum atomic E-state index is -1.02. The van der Waals surface area contributed by atoms with E-state index < -0.39 is 22.7 Å². The minimum Gasteiger partial charge on any atom is -0.481 e. The summed E-state index contributed by atoms with van der Waals surface area (Å²) < 4.78 is 5.24. The van der Waals surface area contributed by atoms with Gasteiger partial charge in [0.15, 0.2) is 0 Å². The standard InChI is InChI=1S/C16H23N3O6/c1-4-25-7-5-6-18(10-11(2)16(21)22)15(20)14-8-13(19(23)24)9-17-12(14)3/h8-9,11H,4-7,10H2,1-3H3,(H,21,22). The zero-order chi connectivity index (χ0) is 19.0. The third kappa shape index (κ3) is 6.11. The van der Waals surface area contributed by atoms with E-state index in [2.05, 4.69) is 4.98 Å². The zero-order valence-electron chi connectivity index (χ0n) is 14.6. The van der Waals surface area contributed by atoms with Crippen LogP contribution in [-0.2, 0) is 9.53 Å². The van der Waals surface area contributed by atoms with Gasteiger partial charge in [-0.3, -0.25) is 24.7 Å². The lowest BCUT2D eigenvalue weighted by Crippen LogP contribution is -2.38.